The van der Waals surface area contributed by atoms with Gasteiger partial charge in [0.1, 0.15) is 0 Å². The van der Waals surface area contributed by atoms with Crippen molar-refractivity contribution in [2.45, 2.75) is 153 Å². The molecule has 0 saturated carbocycles. The molecule has 5 heterocycles. The van der Waals surface area contributed by atoms with Crippen molar-refractivity contribution in [3.05, 3.63) is 67.5 Å². The van der Waals surface area contributed by atoms with Crippen LogP contribution in [0.1, 0.15) is 156 Å². The van der Waals surface area contributed by atoms with E-state index >= 15 is 0 Å². The van der Waals surface area contributed by atoms with Crippen LogP contribution in [0.2, 0.25) is 0 Å². The molecule has 4 aliphatic carbocycles. The Morgan fingerprint density at radius 3 is 2.08 bits per heavy atom. The first kappa shape index (κ1) is 24.4. The monoisotopic (exact) mass is 535 g/mol. The van der Waals surface area contributed by atoms with E-state index in [9.17, 15) is 0 Å². The Bertz CT molecular complexity index is 1490. The molecule has 3 heteroatoms. The summed E-state index contributed by atoms with van der Waals surface area (Å²) in [5.74, 6) is 2.97. The average molecular weight is 536 g/mol. The first-order chi connectivity index (χ1) is 19.6. The number of nitrogens with zero attached hydrogens (tertiary/aromatic N) is 3. The summed E-state index contributed by atoms with van der Waals surface area (Å²) in [4.78, 5) is 0. The maximum atomic E-state index is 2.87. The van der Waals surface area contributed by atoms with Crippen LogP contribution in [0.3, 0.4) is 0 Å². The van der Waals surface area contributed by atoms with E-state index in [0.29, 0.717) is 11.8 Å². The molecule has 0 radical (unpaired) electrons. The van der Waals surface area contributed by atoms with E-state index in [1.54, 1.807) is 45.3 Å². The highest BCUT2D eigenvalue weighted by atomic mass is 15.0. The van der Waals surface area contributed by atoms with E-state index in [-0.39, 0.29) is 0 Å². The highest BCUT2D eigenvalue weighted by Gasteiger charge is 2.40. The highest BCUT2D eigenvalue weighted by molar-refractivity contribution is 5.50. The van der Waals surface area contributed by atoms with E-state index in [1.165, 1.54) is 116 Å². The molecule has 0 fully saturated rings. The summed E-state index contributed by atoms with van der Waals surface area (Å²) in [6.45, 7) is 7.77. The first-order valence-electron chi connectivity index (χ1n) is 17.3. The van der Waals surface area contributed by atoms with Gasteiger partial charge in [-0.05, 0) is 160 Å². The van der Waals surface area contributed by atoms with E-state index in [2.05, 4.69) is 34.6 Å². The van der Waals surface area contributed by atoms with Crippen LogP contribution in [0.15, 0.2) is 0 Å². The van der Waals surface area contributed by atoms with Crippen molar-refractivity contribution in [3.63, 3.8) is 0 Å². The summed E-state index contributed by atoms with van der Waals surface area (Å²) in [7, 11) is 2.36. The SMILES string of the molecule is CC(CC1CCc2c1c1n(c2C(C)CC2CCc3c2c2c(n3C)CCC2)CCC1)c1c2c(n3c1CCC3)CCC2. The van der Waals surface area contributed by atoms with Crippen LogP contribution >= 0.6 is 0 Å². The molecular weight excluding hydrogens is 486 g/mol. The second-order valence-corrected chi connectivity index (χ2v) is 14.8. The molecule has 3 nitrogen and oxygen atoms in total. The van der Waals surface area contributed by atoms with Crippen LogP contribution in [-0.2, 0) is 71.5 Å². The summed E-state index contributed by atoms with van der Waals surface area (Å²) in [6.07, 6.45) is 21.7. The Labute approximate surface area is 241 Å². The zero-order valence-electron chi connectivity index (χ0n) is 25.4. The third-order valence-electron chi connectivity index (χ3n) is 12.8. The third-order valence-corrected chi connectivity index (χ3v) is 12.8. The number of fused-ring (bicyclic) bond motifs is 9. The lowest BCUT2D eigenvalue weighted by molar-refractivity contribution is 0.516. The zero-order chi connectivity index (χ0) is 26.7. The minimum atomic E-state index is 0.683. The van der Waals surface area contributed by atoms with E-state index < -0.39 is 0 Å². The Kier molecular flexibility index (Phi) is 5.45. The van der Waals surface area contributed by atoms with Crippen molar-refractivity contribution in [2.75, 3.05) is 0 Å². The summed E-state index contributed by atoms with van der Waals surface area (Å²) >= 11 is 0. The molecular formula is C37H49N3. The molecule has 9 rings (SSSR count). The van der Waals surface area contributed by atoms with Crippen molar-refractivity contribution in [1.82, 2.24) is 13.7 Å². The van der Waals surface area contributed by atoms with Crippen LogP contribution in [0, 0.1) is 0 Å². The largest absolute Gasteiger partial charge is 0.351 e. The predicted octanol–water partition coefficient (Wildman–Crippen LogP) is 7.95. The minimum Gasteiger partial charge on any atom is -0.351 e. The van der Waals surface area contributed by atoms with Crippen LogP contribution in [0.4, 0.5) is 0 Å². The fourth-order valence-corrected chi connectivity index (χ4v) is 11.5. The van der Waals surface area contributed by atoms with Crippen molar-refractivity contribution < 1.29 is 0 Å². The Morgan fingerprint density at radius 1 is 0.575 bits per heavy atom. The molecule has 4 unspecified atom stereocenters. The summed E-state index contributed by atoms with van der Waals surface area (Å²) in [5.41, 5.74) is 21.3. The lowest BCUT2D eigenvalue weighted by Crippen LogP contribution is -2.10. The second kappa shape index (κ2) is 8.92. The van der Waals surface area contributed by atoms with Crippen LogP contribution < -0.4 is 0 Å². The molecule has 0 bridgehead atoms. The van der Waals surface area contributed by atoms with Crippen molar-refractivity contribution in [1.29, 1.82) is 0 Å². The molecule has 6 aliphatic rings. The first-order valence-corrected chi connectivity index (χ1v) is 17.3. The Hall–Kier alpha value is -2.16. The summed E-state index contributed by atoms with van der Waals surface area (Å²) < 4.78 is 8.24. The van der Waals surface area contributed by atoms with Gasteiger partial charge < -0.3 is 13.7 Å². The summed E-state index contributed by atoms with van der Waals surface area (Å²) in [6, 6.07) is 0. The van der Waals surface area contributed by atoms with Gasteiger partial charge in [-0.2, -0.15) is 0 Å². The number of aromatic nitrogens is 3. The van der Waals surface area contributed by atoms with E-state index in [0.717, 1.165) is 11.8 Å². The molecule has 2 aliphatic heterocycles. The standard InChI is InChI=1S/C37H49N3/c1-22(34-27-9-5-11-30(27)39-18-6-12-32(34)39)20-24-14-16-28-36(24)33-13-7-19-40(33)37(28)23(2)21-25-15-17-31-35(25)26-8-4-10-29(26)38(31)3/h22-25H,4-21H2,1-3H3. The topological polar surface area (TPSA) is 14.8 Å². The second-order valence-electron chi connectivity index (χ2n) is 14.8. The van der Waals surface area contributed by atoms with Gasteiger partial charge in [-0.25, -0.2) is 0 Å². The normalized spacial score (nSPS) is 25.3. The summed E-state index contributed by atoms with van der Waals surface area (Å²) in [5, 5.41) is 0. The molecule has 3 aromatic heterocycles. The Balaban J connectivity index is 1.01. The fourth-order valence-electron chi connectivity index (χ4n) is 11.5. The minimum absolute atomic E-state index is 0.683. The van der Waals surface area contributed by atoms with Crippen LogP contribution in [0.5, 0.6) is 0 Å². The molecule has 212 valence electrons. The lowest BCUT2D eigenvalue weighted by Gasteiger charge is -2.21. The predicted molar refractivity (Wildman–Crippen MR) is 163 cm³/mol. The number of hydrogen-bond acceptors (Lipinski definition) is 0. The quantitative estimate of drug-likeness (QED) is 0.304. The van der Waals surface area contributed by atoms with E-state index in [4.69, 9.17) is 0 Å². The highest BCUT2D eigenvalue weighted by Crippen LogP contribution is 2.52. The van der Waals surface area contributed by atoms with Gasteiger partial charge in [0.25, 0.3) is 0 Å². The van der Waals surface area contributed by atoms with Gasteiger partial charge in [-0.1, -0.05) is 13.8 Å². The number of rotatable bonds is 6. The lowest BCUT2D eigenvalue weighted by atomic mass is 9.84. The zero-order valence-corrected chi connectivity index (χ0v) is 25.4. The van der Waals surface area contributed by atoms with Crippen molar-refractivity contribution in [2.24, 2.45) is 7.05 Å². The maximum Gasteiger partial charge on any atom is 0.0241 e. The van der Waals surface area contributed by atoms with Crippen molar-refractivity contribution in [3.8, 4) is 0 Å². The fraction of sp³-hybridized carbons (Fsp3) is 0.676. The van der Waals surface area contributed by atoms with Gasteiger partial charge in [-0.15, -0.1) is 0 Å². The van der Waals surface area contributed by atoms with E-state index in [1.807, 2.05) is 22.3 Å². The smallest absolute Gasteiger partial charge is 0.0241 e. The molecule has 0 amide bonds. The molecule has 40 heavy (non-hydrogen) atoms. The van der Waals surface area contributed by atoms with Crippen LogP contribution in [-0.4, -0.2) is 13.7 Å². The van der Waals surface area contributed by atoms with Crippen LogP contribution in [0.25, 0.3) is 0 Å². The Morgan fingerprint density at radius 2 is 1.23 bits per heavy atom. The van der Waals surface area contributed by atoms with Gasteiger partial charge in [0.2, 0.25) is 0 Å². The van der Waals surface area contributed by atoms with Crippen molar-refractivity contribution >= 4 is 0 Å². The molecule has 3 aromatic rings. The molecule has 4 atom stereocenters. The number of hydrogen-bond donors (Lipinski definition) is 0. The van der Waals surface area contributed by atoms with Gasteiger partial charge in [-0.3, -0.25) is 0 Å². The molecule has 0 aromatic carbocycles. The van der Waals surface area contributed by atoms with Gasteiger partial charge in [0.05, 0.1) is 0 Å². The molecule has 0 saturated heterocycles. The average Bonchev–Trinajstić information content (AvgIpc) is 3.74. The van der Waals surface area contributed by atoms with Gasteiger partial charge >= 0.3 is 0 Å². The third kappa shape index (κ3) is 3.24. The molecule has 0 N–H and O–H groups in total. The maximum absolute atomic E-state index is 2.87. The van der Waals surface area contributed by atoms with Gasteiger partial charge in [0, 0.05) is 54.3 Å². The molecule has 0 spiro atoms. The van der Waals surface area contributed by atoms with Gasteiger partial charge in [0.15, 0.2) is 0 Å².